The lowest BCUT2D eigenvalue weighted by Crippen LogP contribution is -2.29. The summed E-state index contributed by atoms with van der Waals surface area (Å²) in [4.78, 5) is 22.1. The smallest absolute Gasteiger partial charge is 0.253 e. The van der Waals surface area contributed by atoms with Crippen LogP contribution in [-0.2, 0) is 11.2 Å². The molecular formula is C26H25N5O2S. The summed E-state index contributed by atoms with van der Waals surface area (Å²) in [5, 5.41) is 9.37. The number of hydrogen-bond acceptors (Lipinski definition) is 6. The molecule has 0 aliphatic heterocycles. The Balaban J connectivity index is 1.38. The first-order chi connectivity index (χ1) is 16.5. The van der Waals surface area contributed by atoms with Gasteiger partial charge in [-0.1, -0.05) is 60.3 Å². The van der Waals surface area contributed by atoms with Crippen molar-refractivity contribution < 1.29 is 9.21 Å². The Morgan fingerprint density at radius 2 is 1.85 bits per heavy atom. The van der Waals surface area contributed by atoms with Crippen LogP contribution in [0.4, 0.5) is 0 Å². The van der Waals surface area contributed by atoms with Crippen LogP contribution in [0.3, 0.4) is 0 Å². The lowest BCUT2D eigenvalue weighted by molar-refractivity contribution is -0.121. The summed E-state index contributed by atoms with van der Waals surface area (Å²) >= 11 is 1.48. The number of hydrogen-bond donors (Lipinski definition) is 1. The molecule has 0 spiro atoms. The molecule has 0 aliphatic carbocycles. The van der Waals surface area contributed by atoms with Gasteiger partial charge in [-0.2, -0.15) is 4.98 Å². The zero-order chi connectivity index (χ0) is 23.7. The van der Waals surface area contributed by atoms with E-state index in [0.29, 0.717) is 29.5 Å². The number of para-hydroxylation sites is 1. The molecule has 1 N–H and O–H groups in total. The van der Waals surface area contributed by atoms with E-state index in [-0.39, 0.29) is 11.9 Å². The maximum Gasteiger partial charge on any atom is 0.253 e. The molecule has 7 nitrogen and oxygen atoms in total. The number of carbonyl (C=O) groups is 1. The summed E-state index contributed by atoms with van der Waals surface area (Å²) in [5.41, 5.74) is 4.61. The van der Waals surface area contributed by atoms with Gasteiger partial charge in [0.1, 0.15) is 17.4 Å². The molecule has 5 aromatic rings. The van der Waals surface area contributed by atoms with Crippen LogP contribution in [0, 0.1) is 13.8 Å². The van der Waals surface area contributed by atoms with Gasteiger partial charge in [-0.25, -0.2) is 9.50 Å². The van der Waals surface area contributed by atoms with Gasteiger partial charge in [-0.05, 0) is 49.8 Å². The van der Waals surface area contributed by atoms with Crippen molar-refractivity contribution in [1.82, 2.24) is 24.9 Å². The first kappa shape index (κ1) is 22.2. The van der Waals surface area contributed by atoms with Crippen molar-refractivity contribution in [2.75, 3.05) is 6.26 Å². The third-order valence-corrected chi connectivity index (χ3v) is 6.52. The molecule has 0 bridgehead atoms. The molecule has 1 atom stereocenters. The minimum Gasteiger partial charge on any atom is -0.459 e. The highest BCUT2D eigenvalue weighted by Crippen LogP contribution is 2.28. The second-order valence-electron chi connectivity index (χ2n) is 8.17. The number of benzene rings is 2. The van der Waals surface area contributed by atoms with Gasteiger partial charge in [0.15, 0.2) is 0 Å². The van der Waals surface area contributed by atoms with Crippen LogP contribution in [0.1, 0.15) is 40.7 Å². The van der Waals surface area contributed by atoms with Crippen molar-refractivity contribution in [3.63, 3.8) is 0 Å². The van der Waals surface area contributed by atoms with E-state index in [1.807, 2.05) is 80.8 Å². The Morgan fingerprint density at radius 3 is 2.62 bits per heavy atom. The second-order valence-corrected chi connectivity index (χ2v) is 8.94. The highest BCUT2D eigenvalue weighted by molar-refractivity contribution is 7.98. The topological polar surface area (TPSA) is 85.3 Å². The van der Waals surface area contributed by atoms with E-state index in [1.54, 1.807) is 4.52 Å². The number of nitrogens with one attached hydrogen (secondary N) is 1. The number of nitrogens with zero attached hydrogens (tertiary/aromatic N) is 4. The SMILES string of the molecule is CSc1nc2nc(C)c(CCC(=O)N[C@H](c3ccccc3)c3cc4ccccc4o3)c(C)n2n1. The third-order valence-electron chi connectivity index (χ3n) is 5.98. The molecule has 2 aromatic carbocycles. The standard InChI is InChI=1S/C26H25N5O2S/c1-16-20(17(2)31-25(27-16)29-26(30-31)34-3)13-14-23(32)28-24(18-9-5-4-6-10-18)22-15-19-11-7-8-12-21(19)33-22/h4-12,15,24H,13-14H2,1-3H3,(H,28,32)/t24-/m1/s1. The maximum absolute atomic E-state index is 13.1. The number of amides is 1. The number of aryl methyl sites for hydroxylation is 2. The van der Waals surface area contributed by atoms with Crippen LogP contribution >= 0.6 is 11.8 Å². The second kappa shape index (κ2) is 9.30. The Morgan fingerprint density at radius 1 is 1.09 bits per heavy atom. The zero-order valence-electron chi connectivity index (χ0n) is 19.3. The summed E-state index contributed by atoms with van der Waals surface area (Å²) in [7, 11) is 0. The largest absolute Gasteiger partial charge is 0.459 e. The number of rotatable bonds is 7. The molecule has 0 saturated heterocycles. The summed E-state index contributed by atoms with van der Waals surface area (Å²) in [6.07, 6.45) is 2.82. The first-order valence-corrected chi connectivity index (χ1v) is 12.4. The molecule has 3 aromatic heterocycles. The average molecular weight is 472 g/mol. The van der Waals surface area contributed by atoms with Crippen molar-refractivity contribution in [3.8, 4) is 0 Å². The minimum absolute atomic E-state index is 0.0587. The molecule has 0 radical (unpaired) electrons. The van der Waals surface area contributed by atoms with Gasteiger partial charge in [-0.15, -0.1) is 5.10 Å². The molecule has 172 valence electrons. The molecule has 1 amide bonds. The molecule has 0 saturated carbocycles. The van der Waals surface area contributed by atoms with Gasteiger partial charge < -0.3 is 9.73 Å². The number of thioether (sulfide) groups is 1. The fourth-order valence-corrected chi connectivity index (χ4v) is 4.56. The normalized spacial score (nSPS) is 12.3. The fourth-order valence-electron chi connectivity index (χ4n) is 4.22. The Hall–Kier alpha value is -3.65. The molecular weight excluding hydrogens is 446 g/mol. The number of carbonyl (C=O) groups excluding carboxylic acids is 1. The average Bonchev–Trinajstić information content (AvgIpc) is 3.47. The Kier molecular flexibility index (Phi) is 6.06. The third kappa shape index (κ3) is 4.28. The van der Waals surface area contributed by atoms with Crippen molar-refractivity contribution in [2.24, 2.45) is 0 Å². The van der Waals surface area contributed by atoms with E-state index in [4.69, 9.17) is 4.42 Å². The quantitative estimate of drug-likeness (QED) is 0.335. The lowest BCUT2D eigenvalue weighted by atomic mass is 10.0. The van der Waals surface area contributed by atoms with Crippen LogP contribution < -0.4 is 5.32 Å². The van der Waals surface area contributed by atoms with E-state index in [0.717, 1.165) is 33.5 Å². The predicted octanol–water partition coefficient (Wildman–Crippen LogP) is 5.05. The predicted molar refractivity (Wildman–Crippen MR) is 133 cm³/mol. The molecule has 34 heavy (non-hydrogen) atoms. The summed E-state index contributed by atoms with van der Waals surface area (Å²) < 4.78 is 7.86. The molecule has 3 heterocycles. The zero-order valence-corrected chi connectivity index (χ0v) is 20.1. The molecule has 5 rings (SSSR count). The van der Waals surface area contributed by atoms with Gasteiger partial charge in [0.2, 0.25) is 11.1 Å². The van der Waals surface area contributed by atoms with Gasteiger partial charge in [0.05, 0.1) is 0 Å². The number of furan rings is 1. The van der Waals surface area contributed by atoms with Crippen molar-refractivity contribution >= 4 is 34.4 Å². The summed E-state index contributed by atoms with van der Waals surface area (Å²) in [6.45, 7) is 3.95. The molecule has 0 fully saturated rings. The summed E-state index contributed by atoms with van der Waals surface area (Å²) in [6, 6.07) is 19.4. The van der Waals surface area contributed by atoms with Crippen molar-refractivity contribution in [3.05, 3.63) is 88.9 Å². The van der Waals surface area contributed by atoms with Crippen LogP contribution in [0.2, 0.25) is 0 Å². The van der Waals surface area contributed by atoms with Crippen LogP contribution in [-0.4, -0.2) is 31.7 Å². The van der Waals surface area contributed by atoms with Gasteiger partial charge in [0, 0.05) is 23.2 Å². The van der Waals surface area contributed by atoms with E-state index >= 15 is 0 Å². The van der Waals surface area contributed by atoms with Crippen LogP contribution in [0.15, 0.2) is 70.2 Å². The highest BCUT2D eigenvalue weighted by Gasteiger charge is 2.21. The first-order valence-electron chi connectivity index (χ1n) is 11.1. The monoisotopic (exact) mass is 471 g/mol. The van der Waals surface area contributed by atoms with E-state index in [2.05, 4.69) is 20.4 Å². The fraction of sp³-hybridized carbons (Fsp3) is 0.231. The molecule has 0 aliphatic rings. The summed E-state index contributed by atoms with van der Waals surface area (Å²) in [5.74, 6) is 1.24. The van der Waals surface area contributed by atoms with Crippen molar-refractivity contribution in [2.45, 2.75) is 37.9 Å². The molecule has 0 unspecified atom stereocenters. The number of aromatic nitrogens is 4. The highest BCUT2D eigenvalue weighted by atomic mass is 32.2. The lowest BCUT2D eigenvalue weighted by Gasteiger charge is -2.18. The number of fused-ring (bicyclic) bond motifs is 2. The van der Waals surface area contributed by atoms with Crippen LogP contribution in [0.25, 0.3) is 16.7 Å². The van der Waals surface area contributed by atoms with Crippen LogP contribution in [0.5, 0.6) is 0 Å². The van der Waals surface area contributed by atoms with E-state index in [1.165, 1.54) is 11.8 Å². The van der Waals surface area contributed by atoms with E-state index < -0.39 is 0 Å². The van der Waals surface area contributed by atoms with Gasteiger partial charge in [-0.3, -0.25) is 4.79 Å². The van der Waals surface area contributed by atoms with Crippen molar-refractivity contribution in [1.29, 1.82) is 0 Å². The Labute approximate surface area is 201 Å². The Bertz CT molecular complexity index is 1440. The molecule has 8 heteroatoms. The maximum atomic E-state index is 13.1. The van der Waals surface area contributed by atoms with Gasteiger partial charge >= 0.3 is 0 Å². The van der Waals surface area contributed by atoms with Gasteiger partial charge in [0.25, 0.3) is 5.78 Å². The van der Waals surface area contributed by atoms with E-state index in [9.17, 15) is 4.79 Å². The minimum atomic E-state index is -0.372.